The number of hydrogen-bond acceptors (Lipinski definition) is 5. The van der Waals surface area contributed by atoms with Crippen molar-refractivity contribution >= 4 is 22.4 Å². The monoisotopic (exact) mass is 309 g/mol. The molecule has 2 aliphatic rings. The van der Waals surface area contributed by atoms with Gasteiger partial charge in [-0.3, -0.25) is 4.79 Å². The van der Waals surface area contributed by atoms with Gasteiger partial charge in [0.1, 0.15) is 0 Å². The fourth-order valence-corrected chi connectivity index (χ4v) is 3.79. The number of thiazole rings is 1. The molecule has 21 heavy (non-hydrogen) atoms. The summed E-state index contributed by atoms with van der Waals surface area (Å²) < 4.78 is 5.32. The number of anilines is 1. The van der Waals surface area contributed by atoms with Gasteiger partial charge < -0.3 is 15.0 Å². The Kier molecular flexibility index (Phi) is 5.08. The molecule has 1 N–H and O–H groups in total. The van der Waals surface area contributed by atoms with Gasteiger partial charge in [-0.1, -0.05) is 0 Å². The number of rotatable bonds is 4. The first-order valence-electron chi connectivity index (χ1n) is 7.83. The molecule has 6 heteroatoms. The summed E-state index contributed by atoms with van der Waals surface area (Å²) in [5.74, 6) is 0.732. The number of nitrogens with one attached hydrogen (secondary N) is 1. The van der Waals surface area contributed by atoms with Gasteiger partial charge in [-0.15, -0.1) is 11.3 Å². The van der Waals surface area contributed by atoms with E-state index >= 15 is 0 Å². The Labute approximate surface area is 129 Å². The summed E-state index contributed by atoms with van der Waals surface area (Å²) in [6.07, 6.45) is 6.60. The van der Waals surface area contributed by atoms with Crippen LogP contribution >= 0.6 is 11.3 Å². The van der Waals surface area contributed by atoms with Gasteiger partial charge in [-0.2, -0.15) is 0 Å². The van der Waals surface area contributed by atoms with Crippen LogP contribution < -0.4 is 10.2 Å². The molecule has 0 saturated carbocycles. The fourth-order valence-electron chi connectivity index (χ4n) is 3.09. The van der Waals surface area contributed by atoms with Gasteiger partial charge in [0, 0.05) is 50.3 Å². The molecule has 3 heterocycles. The lowest BCUT2D eigenvalue weighted by Crippen LogP contribution is -2.41. The van der Waals surface area contributed by atoms with Gasteiger partial charge in [0.05, 0.1) is 0 Å². The summed E-state index contributed by atoms with van der Waals surface area (Å²) in [7, 11) is 0. The second-order valence-electron chi connectivity index (χ2n) is 5.90. The first kappa shape index (κ1) is 14.8. The molecule has 0 radical (unpaired) electrons. The van der Waals surface area contributed by atoms with Crippen molar-refractivity contribution in [3.63, 3.8) is 0 Å². The summed E-state index contributed by atoms with van der Waals surface area (Å²) >= 11 is 1.69. The zero-order valence-corrected chi connectivity index (χ0v) is 13.1. The minimum Gasteiger partial charge on any atom is -0.381 e. The van der Waals surface area contributed by atoms with E-state index in [4.69, 9.17) is 4.74 Å². The molecule has 3 rings (SSSR count). The van der Waals surface area contributed by atoms with Crippen LogP contribution in [-0.2, 0) is 9.53 Å². The number of nitrogens with zero attached hydrogens (tertiary/aromatic N) is 2. The highest BCUT2D eigenvalue weighted by Gasteiger charge is 2.24. The Morgan fingerprint density at radius 1 is 1.33 bits per heavy atom. The molecule has 2 fully saturated rings. The van der Waals surface area contributed by atoms with Crippen molar-refractivity contribution in [3.8, 4) is 0 Å². The van der Waals surface area contributed by atoms with Crippen molar-refractivity contribution in [3.05, 3.63) is 11.6 Å². The normalized spacial score (nSPS) is 21.4. The average Bonchev–Trinajstić information content (AvgIpc) is 3.03. The maximum atomic E-state index is 12.1. The van der Waals surface area contributed by atoms with Crippen LogP contribution in [0.3, 0.4) is 0 Å². The van der Waals surface area contributed by atoms with Crippen molar-refractivity contribution in [2.45, 2.75) is 38.1 Å². The van der Waals surface area contributed by atoms with Crippen molar-refractivity contribution in [1.29, 1.82) is 0 Å². The molecule has 1 amide bonds. The van der Waals surface area contributed by atoms with Crippen molar-refractivity contribution in [1.82, 2.24) is 10.3 Å². The highest BCUT2D eigenvalue weighted by molar-refractivity contribution is 7.13. The van der Waals surface area contributed by atoms with Crippen LogP contribution in [0.4, 0.5) is 5.13 Å². The molecule has 0 aliphatic carbocycles. The molecular weight excluding hydrogens is 286 g/mol. The summed E-state index contributed by atoms with van der Waals surface area (Å²) in [6.45, 7) is 3.58. The van der Waals surface area contributed by atoms with Crippen molar-refractivity contribution in [2.24, 2.45) is 5.92 Å². The number of carbonyl (C=O) groups is 1. The molecule has 0 atom stereocenters. The topological polar surface area (TPSA) is 54.5 Å². The third-order valence-electron chi connectivity index (χ3n) is 4.36. The molecule has 0 bridgehead atoms. The Bertz CT molecular complexity index is 438. The van der Waals surface area contributed by atoms with Crippen LogP contribution in [0.5, 0.6) is 0 Å². The van der Waals surface area contributed by atoms with E-state index in [9.17, 15) is 4.79 Å². The Morgan fingerprint density at radius 2 is 2.10 bits per heavy atom. The molecule has 116 valence electrons. The highest BCUT2D eigenvalue weighted by Crippen LogP contribution is 2.26. The van der Waals surface area contributed by atoms with Crippen molar-refractivity contribution in [2.75, 3.05) is 31.2 Å². The van der Waals surface area contributed by atoms with E-state index in [1.807, 2.05) is 11.6 Å². The first-order chi connectivity index (χ1) is 10.3. The van der Waals surface area contributed by atoms with Crippen LogP contribution in [0.2, 0.25) is 0 Å². The van der Waals surface area contributed by atoms with Crippen LogP contribution in [0.15, 0.2) is 11.6 Å². The lowest BCUT2D eigenvalue weighted by molar-refractivity contribution is -0.123. The van der Waals surface area contributed by atoms with Gasteiger partial charge in [-0.25, -0.2) is 4.98 Å². The first-order valence-corrected chi connectivity index (χ1v) is 8.71. The number of hydrogen-bond donors (Lipinski definition) is 1. The predicted octanol–water partition coefficient (Wildman–Crippen LogP) is 2.04. The largest absolute Gasteiger partial charge is 0.381 e. The summed E-state index contributed by atoms with van der Waals surface area (Å²) in [6, 6.07) is 0.321. The lowest BCUT2D eigenvalue weighted by Gasteiger charge is -2.32. The number of amides is 1. The van der Waals surface area contributed by atoms with E-state index in [2.05, 4.69) is 15.2 Å². The Hall–Kier alpha value is -1.14. The Balaban J connectivity index is 1.39. The summed E-state index contributed by atoms with van der Waals surface area (Å²) in [4.78, 5) is 18.8. The Morgan fingerprint density at radius 3 is 2.76 bits per heavy atom. The van der Waals surface area contributed by atoms with E-state index in [-0.39, 0.29) is 5.91 Å². The quantitative estimate of drug-likeness (QED) is 0.925. The van der Waals surface area contributed by atoms with Crippen LogP contribution in [0.1, 0.15) is 32.1 Å². The molecule has 2 saturated heterocycles. The maximum Gasteiger partial charge on any atom is 0.220 e. The summed E-state index contributed by atoms with van der Waals surface area (Å²) in [5.41, 5.74) is 0. The van der Waals surface area contributed by atoms with Gasteiger partial charge in [0.15, 0.2) is 5.13 Å². The van der Waals surface area contributed by atoms with E-state index in [0.717, 1.165) is 57.1 Å². The SMILES string of the molecule is O=C(CC1CCN(c2nccs2)CC1)NC1CCOCC1. The molecule has 5 nitrogen and oxygen atoms in total. The van der Waals surface area contributed by atoms with Gasteiger partial charge in [0.25, 0.3) is 0 Å². The maximum absolute atomic E-state index is 12.1. The zero-order chi connectivity index (χ0) is 14.5. The standard InChI is InChI=1S/C15H23N3O2S/c19-14(17-13-3-8-20-9-4-13)11-12-1-6-18(7-2-12)15-16-5-10-21-15/h5,10,12-13H,1-4,6-9,11H2,(H,17,19). The van der Waals surface area contributed by atoms with Crippen LogP contribution in [0.25, 0.3) is 0 Å². The fraction of sp³-hybridized carbons (Fsp3) is 0.733. The second-order valence-corrected chi connectivity index (χ2v) is 6.78. The second kappa shape index (κ2) is 7.22. The van der Waals surface area contributed by atoms with E-state index in [1.165, 1.54) is 0 Å². The number of ether oxygens (including phenoxy) is 1. The molecule has 0 spiro atoms. The third kappa shape index (κ3) is 4.17. The predicted molar refractivity (Wildman–Crippen MR) is 83.7 cm³/mol. The number of carbonyl (C=O) groups excluding carboxylic acids is 1. The van der Waals surface area contributed by atoms with Crippen LogP contribution in [-0.4, -0.2) is 43.2 Å². The van der Waals surface area contributed by atoms with E-state index in [1.54, 1.807) is 11.3 Å². The minimum atomic E-state index is 0.217. The van der Waals surface area contributed by atoms with Gasteiger partial charge >= 0.3 is 0 Å². The van der Waals surface area contributed by atoms with Crippen molar-refractivity contribution < 1.29 is 9.53 Å². The number of piperidine rings is 1. The average molecular weight is 309 g/mol. The van der Waals surface area contributed by atoms with Gasteiger partial charge in [0.2, 0.25) is 5.91 Å². The molecule has 2 aliphatic heterocycles. The smallest absolute Gasteiger partial charge is 0.220 e. The zero-order valence-electron chi connectivity index (χ0n) is 12.3. The summed E-state index contributed by atoms with van der Waals surface area (Å²) in [5, 5.41) is 6.29. The van der Waals surface area contributed by atoms with Gasteiger partial charge in [-0.05, 0) is 31.6 Å². The molecule has 1 aromatic rings. The third-order valence-corrected chi connectivity index (χ3v) is 5.20. The number of aromatic nitrogens is 1. The molecule has 0 unspecified atom stereocenters. The minimum absolute atomic E-state index is 0.217. The van der Waals surface area contributed by atoms with E-state index < -0.39 is 0 Å². The lowest BCUT2D eigenvalue weighted by atomic mass is 9.93. The highest BCUT2D eigenvalue weighted by atomic mass is 32.1. The van der Waals surface area contributed by atoms with E-state index in [0.29, 0.717) is 18.4 Å². The molecule has 0 aromatic carbocycles. The molecule has 1 aromatic heterocycles. The van der Waals surface area contributed by atoms with Crippen LogP contribution in [0, 0.1) is 5.92 Å². The molecular formula is C15H23N3O2S.